The van der Waals surface area contributed by atoms with E-state index in [0.29, 0.717) is 17.9 Å². The number of likely N-dealkylation sites (N-methyl/N-ethyl adjacent to an activating group) is 1. The standard InChI is InChI=1S/C15H24N4O2/c1-5-7-17-13-9-12(8-10(3)18-13)15(21)19-11(4)14(20)16-6-2/h8-9,11H,5-7H2,1-4H3,(H,16,20)(H,17,18)(H,19,21). The van der Waals surface area contributed by atoms with Crippen molar-refractivity contribution in [3.05, 3.63) is 23.4 Å². The lowest BCUT2D eigenvalue weighted by Crippen LogP contribution is -2.44. The van der Waals surface area contributed by atoms with Crippen LogP contribution in [0.25, 0.3) is 0 Å². The molecule has 0 aromatic carbocycles. The molecule has 0 saturated carbocycles. The van der Waals surface area contributed by atoms with Gasteiger partial charge >= 0.3 is 0 Å². The van der Waals surface area contributed by atoms with Gasteiger partial charge in [0.1, 0.15) is 11.9 Å². The van der Waals surface area contributed by atoms with Gasteiger partial charge in [-0.05, 0) is 39.3 Å². The van der Waals surface area contributed by atoms with Gasteiger partial charge in [-0.3, -0.25) is 9.59 Å². The van der Waals surface area contributed by atoms with Crippen LogP contribution in [0.5, 0.6) is 0 Å². The highest BCUT2D eigenvalue weighted by Gasteiger charge is 2.16. The van der Waals surface area contributed by atoms with Crippen LogP contribution in [-0.4, -0.2) is 35.9 Å². The number of pyridine rings is 1. The van der Waals surface area contributed by atoms with Crippen LogP contribution in [0.4, 0.5) is 5.82 Å². The average Bonchev–Trinajstić information content (AvgIpc) is 2.44. The lowest BCUT2D eigenvalue weighted by atomic mass is 10.2. The van der Waals surface area contributed by atoms with Crippen LogP contribution in [0, 0.1) is 6.92 Å². The fraction of sp³-hybridized carbons (Fsp3) is 0.533. The maximum Gasteiger partial charge on any atom is 0.252 e. The zero-order valence-corrected chi connectivity index (χ0v) is 13.1. The quantitative estimate of drug-likeness (QED) is 0.710. The molecule has 2 amide bonds. The van der Waals surface area contributed by atoms with Gasteiger partial charge in [-0.2, -0.15) is 0 Å². The van der Waals surface area contributed by atoms with Crippen molar-refractivity contribution < 1.29 is 9.59 Å². The molecular weight excluding hydrogens is 268 g/mol. The van der Waals surface area contributed by atoms with Crippen molar-refractivity contribution in [2.75, 3.05) is 18.4 Å². The number of carbonyl (C=O) groups excluding carboxylic acids is 2. The van der Waals surface area contributed by atoms with Crippen LogP contribution in [0.2, 0.25) is 0 Å². The molecule has 0 saturated heterocycles. The molecule has 1 aromatic rings. The number of amides is 2. The number of hydrogen-bond acceptors (Lipinski definition) is 4. The molecule has 1 atom stereocenters. The third kappa shape index (κ3) is 5.41. The zero-order valence-electron chi connectivity index (χ0n) is 13.1. The van der Waals surface area contributed by atoms with Crippen molar-refractivity contribution in [2.45, 2.75) is 40.2 Å². The van der Waals surface area contributed by atoms with Crippen LogP contribution < -0.4 is 16.0 Å². The molecule has 0 radical (unpaired) electrons. The molecule has 0 aliphatic rings. The minimum absolute atomic E-state index is 0.194. The number of aryl methyl sites for hydroxylation is 1. The molecule has 1 rings (SSSR count). The Morgan fingerprint density at radius 1 is 1.29 bits per heavy atom. The number of nitrogens with zero attached hydrogens (tertiary/aromatic N) is 1. The smallest absolute Gasteiger partial charge is 0.252 e. The number of rotatable bonds is 7. The molecule has 116 valence electrons. The second kappa shape index (κ2) is 8.24. The molecule has 6 heteroatoms. The van der Waals surface area contributed by atoms with Gasteiger partial charge in [-0.15, -0.1) is 0 Å². The second-order valence-corrected chi connectivity index (χ2v) is 4.90. The number of hydrogen-bond donors (Lipinski definition) is 3. The van der Waals surface area contributed by atoms with E-state index >= 15 is 0 Å². The maximum atomic E-state index is 12.2. The Kier molecular flexibility index (Phi) is 6.65. The molecule has 1 heterocycles. The third-order valence-corrected chi connectivity index (χ3v) is 2.86. The van der Waals surface area contributed by atoms with Crippen LogP contribution >= 0.6 is 0 Å². The topological polar surface area (TPSA) is 83.1 Å². The van der Waals surface area contributed by atoms with E-state index in [0.717, 1.165) is 18.7 Å². The van der Waals surface area contributed by atoms with E-state index in [1.807, 2.05) is 13.8 Å². The molecule has 0 fully saturated rings. The Bertz CT molecular complexity index is 502. The van der Waals surface area contributed by atoms with Crippen molar-refractivity contribution in [3.63, 3.8) is 0 Å². The van der Waals surface area contributed by atoms with Gasteiger partial charge in [0.15, 0.2) is 0 Å². The first-order valence-electron chi connectivity index (χ1n) is 7.29. The molecular formula is C15H24N4O2. The van der Waals surface area contributed by atoms with E-state index in [4.69, 9.17) is 0 Å². The minimum Gasteiger partial charge on any atom is -0.370 e. The van der Waals surface area contributed by atoms with Crippen LogP contribution in [-0.2, 0) is 4.79 Å². The van der Waals surface area contributed by atoms with E-state index in [2.05, 4.69) is 27.9 Å². The highest BCUT2D eigenvalue weighted by Crippen LogP contribution is 2.10. The fourth-order valence-corrected chi connectivity index (χ4v) is 1.82. The summed E-state index contributed by atoms with van der Waals surface area (Å²) in [4.78, 5) is 28.2. The van der Waals surface area contributed by atoms with Gasteiger partial charge in [0, 0.05) is 24.3 Å². The van der Waals surface area contributed by atoms with Crippen LogP contribution in [0.1, 0.15) is 43.2 Å². The monoisotopic (exact) mass is 292 g/mol. The minimum atomic E-state index is -0.571. The first-order valence-corrected chi connectivity index (χ1v) is 7.29. The first kappa shape index (κ1) is 16.9. The molecule has 3 N–H and O–H groups in total. The van der Waals surface area contributed by atoms with Crippen LogP contribution in [0.3, 0.4) is 0 Å². The molecule has 0 bridgehead atoms. The highest BCUT2D eigenvalue weighted by molar-refractivity contribution is 5.98. The van der Waals surface area contributed by atoms with Crippen molar-refractivity contribution in [2.24, 2.45) is 0 Å². The molecule has 6 nitrogen and oxygen atoms in total. The second-order valence-electron chi connectivity index (χ2n) is 4.90. The van der Waals surface area contributed by atoms with Gasteiger partial charge in [0.25, 0.3) is 5.91 Å². The third-order valence-electron chi connectivity index (χ3n) is 2.86. The van der Waals surface area contributed by atoms with E-state index in [-0.39, 0.29) is 11.8 Å². The van der Waals surface area contributed by atoms with Crippen LogP contribution in [0.15, 0.2) is 12.1 Å². The Morgan fingerprint density at radius 2 is 2.00 bits per heavy atom. The fourth-order valence-electron chi connectivity index (χ4n) is 1.82. The van der Waals surface area contributed by atoms with E-state index in [9.17, 15) is 9.59 Å². The largest absolute Gasteiger partial charge is 0.370 e. The molecule has 0 aliphatic carbocycles. The Balaban J connectivity index is 2.77. The van der Waals surface area contributed by atoms with Gasteiger partial charge in [0.2, 0.25) is 5.91 Å². The molecule has 1 unspecified atom stereocenters. The van der Waals surface area contributed by atoms with Gasteiger partial charge in [-0.25, -0.2) is 4.98 Å². The Hall–Kier alpha value is -2.11. The summed E-state index contributed by atoms with van der Waals surface area (Å²) in [6.45, 7) is 8.73. The molecule has 21 heavy (non-hydrogen) atoms. The van der Waals surface area contributed by atoms with Gasteiger partial charge < -0.3 is 16.0 Å². The Morgan fingerprint density at radius 3 is 2.62 bits per heavy atom. The SMILES string of the molecule is CCCNc1cc(C(=O)NC(C)C(=O)NCC)cc(C)n1. The summed E-state index contributed by atoms with van der Waals surface area (Å²) in [5.41, 5.74) is 1.25. The highest BCUT2D eigenvalue weighted by atomic mass is 16.2. The predicted molar refractivity (Wildman–Crippen MR) is 83.4 cm³/mol. The summed E-state index contributed by atoms with van der Waals surface area (Å²) in [6.07, 6.45) is 0.978. The van der Waals surface area contributed by atoms with E-state index in [1.165, 1.54) is 0 Å². The number of aromatic nitrogens is 1. The van der Waals surface area contributed by atoms with Crippen molar-refractivity contribution in [3.8, 4) is 0 Å². The zero-order chi connectivity index (χ0) is 15.8. The maximum absolute atomic E-state index is 12.2. The number of carbonyl (C=O) groups is 2. The van der Waals surface area contributed by atoms with Gasteiger partial charge in [0.05, 0.1) is 0 Å². The summed E-state index contributed by atoms with van der Waals surface area (Å²) in [7, 11) is 0. The first-order chi connectivity index (χ1) is 9.97. The molecule has 1 aromatic heterocycles. The van der Waals surface area contributed by atoms with Crippen molar-refractivity contribution >= 4 is 17.6 Å². The average molecular weight is 292 g/mol. The summed E-state index contributed by atoms with van der Waals surface area (Å²) in [6, 6.07) is 2.83. The van der Waals surface area contributed by atoms with E-state index in [1.54, 1.807) is 19.1 Å². The lowest BCUT2D eigenvalue weighted by molar-refractivity contribution is -0.122. The lowest BCUT2D eigenvalue weighted by Gasteiger charge is -2.14. The Labute approximate surface area is 125 Å². The number of nitrogens with one attached hydrogen (secondary N) is 3. The van der Waals surface area contributed by atoms with Gasteiger partial charge in [-0.1, -0.05) is 6.92 Å². The molecule has 0 spiro atoms. The number of anilines is 1. The summed E-state index contributed by atoms with van der Waals surface area (Å²) < 4.78 is 0. The summed E-state index contributed by atoms with van der Waals surface area (Å²) in [5.74, 6) is 0.201. The van der Waals surface area contributed by atoms with E-state index < -0.39 is 6.04 Å². The predicted octanol–water partition coefficient (Wildman–Crippen LogP) is 1.47. The normalized spacial score (nSPS) is 11.6. The molecule has 0 aliphatic heterocycles. The van der Waals surface area contributed by atoms with Crippen molar-refractivity contribution in [1.29, 1.82) is 0 Å². The summed E-state index contributed by atoms with van der Waals surface area (Å²) >= 11 is 0. The summed E-state index contributed by atoms with van der Waals surface area (Å²) in [5, 5.41) is 8.52. The van der Waals surface area contributed by atoms with Crippen molar-refractivity contribution in [1.82, 2.24) is 15.6 Å².